The van der Waals surface area contributed by atoms with Crippen LogP contribution >= 0.6 is 11.8 Å². The number of hydrogen-bond donors (Lipinski definition) is 1. The third kappa shape index (κ3) is 3.64. The van der Waals surface area contributed by atoms with Gasteiger partial charge in [-0.2, -0.15) is 0 Å². The van der Waals surface area contributed by atoms with Crippen LogP contribution in [0.1, 0.15) is 17.5 Å². The van der Waals surface area contributed by atoms with Crippen molar-refractivity contribution in [1.29, 1.82) is 0 Å². The van der Waals surface area contributed by atoms with E-state index in [4.69, 9.17) is 0 Å². The molecule has 0 aliphatic carbocycles. The number of fused-ring (bicyclic) bond motifs is 1. The highest BCUT2D eigenvalue weighted by molar-refractivity contribution is 8.05. The minimum absolute atomic E-state index is 1.04. The molecule has 2 rings (SSSR count). The molecular formula is C16H22N2S. The quantitative estimate of drug-likeness (QED) is 0.848. The molecule has 0 unspecified atom stereocenters. The van der Waals surface area contributed by atoms with Crippen molar-refractivity contribution in [2.75, 3.05) is 25.5 Å². The van der Waals surface area contributed by atoms with E-state index in [1.165, 1.54) is 21.7 Å². The number of thioether (sulfide) groups is 1. The molecule has 0 radical (unpaired) electrons. The van der Waals surface area contributed by atoms with Gasteiger partial charge in [0.1, 0.15) is 0 Å². The summed E-state index contributed by atoms with van der Waals surface area (Å²) in [6, 6.07) is 6.55. The second kappa shape index (κ2) is 6.83. The van der Waals surface area contributed by atoms with Gasteiger partial charge in [0.2, 0.25) is 0 Å². The fourth-order valence-corrected chi connectivity index (χ4v) is 3.00. The van der Waals surface area contributed by atoms with Gasteiger partial charge >= 0.3 is 0 Å². The third-order valence-electron chi connectivity index (χ3n) is 3.57. The summed E-state index contributed by atoms with van der Waals surface area (Å²) in [7, 11) is 2.00. The van der Waals surface area contributed by atoms with Crippen LogP contribution in [0.4, 0.5) is 5.69 Å². The molecule has 1 N–H and O–H groups in total. The van der Waals surface area contributed by atoms with E-state index in [9.17, 15) is 0 Å². The van der Waals surface area contributed by atoms with Crippen molar-refractivity contribution in [2.45, 2.75) is 19.4 Å². The Labute approximate surface area is 120 Å². The summed E-state index contributed by atoms with van der Waals surface area (Å²) in [5.41, 5.74) is 4.23. The SMILES string of the molecule is C=CSC(=C)CCN1CCc2c(cccc2NC)C1. The smallest absolute Gasteiger partial charge is 0.0373 e. The molecule has 19 heavy (non-hydrogen) atoms. The number of nitrogens with one attached hydrogen (secondary N) is 1. The summed E-state index contributed by atoms with van der Waals surface area (Å²) >= 11 is 1.64. The molecule has 0 spiro atoms. The largest absolute Gasteiger partial charge is 0.388 e. The van der Waals surface area contributed by atoms with Gasteiger partial charge in [0.25, 0.3) is 0 Å². The highest BCUT2D eigenvalue weighted by Crippen LogP contribution is 2.26. The Bertz CT molecular complexity index is 468. The Balaban J connectivity index is 1.95. The monoisotopic (exact) mass is 274 g/mol. The lowest BCUT2D eigenvalue weighted by Gasteiger charge is -2.30. The van der Waals surface area contributed by atoms with Crippen molar-refractivity contribution in [3.05, 3.63) is 52.8 Å². The van der Waals surface area contributed by atoms with Crippen LogP contribution in [-0.2, 0) is 13.0 Å². The molecule has 102 valence electrons. The molecule has 1 aliphatic rings. The molecule has 3 heteroatoms. The van der Waals surface area contributed by atoms with Gasteiger partial charge in [-0.1, -0.05) is 25.3 Å². The van der Waals surface area contributed by atoms with Gasteiger partial charge in [0.15, 0.2) is 0 Å². The summed E-state index contributed by atoms with van der Waals surface area (Å²) in [4.78, 5) is 3.71. The highest BCUT2D eigenvalue weighted by Gasteiger charge is 2.17. The van der Waals surface area contributed by atoms with Crippen LogP contribution in [0.15, 0.2) is 41.7 Å². The first-order valence-electron chi connectivity index (χ1n) is 6.70. The number of nitrogens with zero attached hydrogens (tertiary/aromatic N) is 1. The molecule has 2 nitrogen and oxygen atoms in total. The van der Waals surface area contributed by atoms with E-state index in [2.05, 4.69) is 41.6 Å². The molecule has 1 aromatic carbocycles. The number of anilines is 1. The van der Waals surface area contributed by atoms with Crippen molar-refractivity contribution in [2.24, 2.45) is 0 Å². The fraction of sp³-hybridized carbons (Fsp3) is 0.375. The molecular weight excluding hydrogens is 252 g/mol. The van der Waals surface area contributed by atoms with Crippen molar-refractivity contribution in [1.82, 2.24) is 4.90 Å². The van der Waals surface area contributed by atoms with Gasteiger partial charge in [-0.3, -0.25) is 4.90 Å². The topological polar surface area (TPSA) is 15.3 Å². The van der Waals surface area contributed by atoms with Crippen molar-refractivity contribution >= 4 is 17.4 Å². The molecule has 0 aromatic heterocycles. The van der Waals surface area contributed by atoms with E-state index in [1.807, 2.05) is 12.5 Å². The second-order valence-corrected chi connectivity index (χ2v) is 5.94. The Morgan fingerprint density at radius 1 is 1.53 bits per heavy atom. The van der Waals surface area contributed by atoms with E-state index in [0.29, 0.717) is 0 Å². The first kappa shape index (κ1) is 14.2. The summed E-state index contributed by atoms with van der Waals surface area (Å²) in [5.74, 6) is 0. The maximum atomic E-state index is 4.06. The predicted molar refractivity (Wildman–Crippen MR) is 86.5 cm³/mol. The molecule has 0 saturated carbocycles. The standard InChI is InChI=1S/C16H22N2S/c1-4-19-13(2)8-10-18-11-9-15-14(12-18)6-5-7-16(15)17-3/h4-7,17H,1-2,8-12H2,3H3. The van der Waals surface area contributed by atoms with Crippen LogP contribution in [-0.4, -0.2) is 25.0 Å². The molecule has 0 atom stereocenters. The lowest BCUT2D eigenvalue weighted by Crippen LogP contribution is -2.31. The number of rotatable bonds is 6. The zero-order valence-corrected chi connectivity index (χ0v) is 12.4. The molecule has 0 amide bonds. The fourth-order valence-electron chi connectivity index (χ4n) is 2.55. The van der Waals surface area contributed by atoms with E-state index >= 15 is 0 Å². The Morgan fingerprint density at radius 3 is 3.11 bits per heavy atom. The van der Waals surface area contributed by atoms with Crippen LogP contribution in [0.5, 0.6) is 0 Å². The highest BCUT2D eigenvalue weighted by atomic mass is 32.2. The van der Waals surface area contributed by atoms with Gasteiger partial charge in [0.05, 0.1) is 0 Å². The lowest BCUT2D eigenvalue weighted by atomic mass is 9.97. The van der Waals surface area contributed by atoms with Crippen molar-refractivity contribution < 1.29 is 0 Å². The van der Waals surface area contributed by atoms with Gasteiger partial charge in [-0.05, 0) is 40.3 Å². The summed E-state index contributed by atoms with van der Waals surface area (Å²) < 4.78 is 0. The Kier molecular flexibility index (Phi) is 5.11. The normalized spacial score (nSPS) is 14.8. The maximum absolute atomic E-state index is 4.06. The van der Waals surface area contributed by atoms with Crippen LogP contribution in [0.25, 0.3) is 0 Å². The Hall–Kier alpha value is -1.19. The summed E-state index contributed by atoms with van der Waals surface area (Å²) in [5, 5.41) is 5.14. The molecule has 0 bridgehead atoms. The first-order chi connectivity index (χ1) is 9.24. The lowest BCUT2D eigenvalue weighted by molar-refractivity contribution is 0.259. The van der Waals surface area contributed by atoms with Crippen molar-refractivity contribution in [3.8, 4) is 0 Å². The van der Waals surface area contributed by atoms with Crippen molar-refractivity contribution in [3.63, 3.8) is 0 Å². The zero-order valence-electron chi connectivity index (χ0n) is 11.6. The second-order valence-electron chi connectivity index (χ2n) is 4.79. The van der Waals surface area contributed by atoms with E-state index in [1.54, 1.807) is 11.8 Å². The van der Waals surface area contributed by atoms with Gasteiger partial charge in [-0.15, -0.1) is 11.8 Å². The molecule has 1 aromatic rings. The first-order valence-corrected chi connectivity index (χ1v) is 7.58. The van der Waals surface area contributed by atoms with Gasteiger partial charge in [-0.25, -0.2) is 0 Å². The average molecular weight is 274 g/mol. The molecule has 0 fully saturated rings. The number of benzene rings is 1. The number of hydrogen-bond acceptors (Lipinski definition) is 3. The summed E-state index contributed by atoms with van der Waals surface area (Å²) in [6.45, 7) is 11.1. The van der Waals surface area contributed by atoms with E-state index in [0.717, 1.165) is 32.5 Å². The minimum atomic E-state index is 1.04. The maximum Gasteiger partial charge on any atom is 0.0373 e. The Morgan fingerprint density at radius 2 is 2.37 bits per heavy atom. The predicted octanol–water partition coefficient (Wildman–Crippen LogP) is 3.87. The van der Waals surface area contributed by atoms with Crippen LogP contribution in [0.2, 0.25) is 0 Å². The van der Waals surface area contributed by atoms with Crippen LogP contribution in [0.3, 0.4) is 0 Å². The molecule has 1 heterocycles. The van der Waals surface area contributed by atoms with Crippen LogP contribution < -0.4 is 5.32 Å². The van der Waals surface area contributed by atoms with Gasteiger partial charge in [0, 0.05) is 32.4 Å². The van der Waals surface area contributed by atoms with Crippen LogP contribution in [0, 0.1) is 0 Å². The zero-order chi connectivity index (χ0) is 13.7. The van der Waals surface area contributed by atoms with E-state index in [-0.39, 0.29) is 0 Å². The molecule has 0 saturated heterocycles. The average Bonchev–Trinajstić information content (AvgIpc) is 2.44. The third-order valence-corrected chi connectivity index (χ3v) is 4.28. The molecule has 1 aliphatic heterocycles. The summed E-state index contributed by atoms with van der Waals surface area (Å²) in [6.07, 6.45) is 2.17. The van der Waals surface area contributed by atoms with E-state index < -0.39 is 0 Å². The minimum Gasteiger partial charge on any atom is -0.388 e. The van der Waals surface area contributed by atoms with Gasteiger partial charge < -0.3 is 5.32 Å².